The summed E-state index contributed by atoms with van der Waals surface area (Å²) in [5.41, 5.74) is 2.03. The lowest BCUT2D eigenvalue weighted by Crippen LogP contribution is -2.36. The summed E-state index contributed by atoms with van der Waals surface area (Å²) < 4.78 is 38.0. The minimum Gasteiger partial charge on any atom is -0.439 e. The maximum Gasteiger partial charge on any atom is 0.290 e. The van der Waals surface area contributed by atoms with Gasteiger partial charge in [0.05, 0.1) is 11.0 Å². The number of nitrogens with zero attached hydrogens (tertiary/aromatic N) is 2. The fourth-order valence-electron chi connectivity index (χ4n) is 3.84. The number of rotatable bonds is 8. The number of hydrogen-bond acceptors (Lipinski definition) is 6. The van der Waals surface area contributed by atoms with Gasteiger partial charge in [0.15, 0.2) is 5.76 Å². The molecule has 34 heavy (non-hydrogen) atoms. The molecule has 0 N–H and O–H groups in total. The van der Waals surface area contributed by atoms with E-state index in [9.17, 15) is 13.2 Å². The van der Waals surface area contributed by atoms with E-state index in [2.05, 4.69) is 15.9 Å². The smallest absolute Gasteiger partial charge is 0.290 e. The molecule has 1 aromatic heterocycles. The maximum absolute atomic E-state index is 13.4. The predicted molar refractivity (Wildman–Crippen MR) is 133 cm³/mol. The molecule has 1 atom stereocenters. The first-order valence-electron chi connectivity index (χ1n) is 11.0. The Labute approximate surface area is 208 Å². The zero-order chi connectivity index (χ0) is 24.3. The van der Waals surface area contributed by atoms with Crippen LogP contribution >= 0.6 is 15.9 Å². The lowest BCUT2D eigenvalue weighted by Gasteiger charge is -2.25. The van der Waals surface area contributed by atoms with Crippen molar-refractivity contribution in [1.82, 2.24) is 4.90 Å². The van der Waals surface area contributed by atoms with Crippen LogP contribution in [0.4, 0.5) is 5.69 Å². The molecule has 1 fully saturated rings. The van der Waals surface area contributed by atoms with Gasteiger partial charge in [-0.1, -0.05) is 28.1 Å². The summed E-state index contributed by atoms with van der Waals surface area (Å²) in [6.07, 6.45) is 1.79. The molecule has 2 aromatic carbocycles. The van der Waals surface area contributed by atoms with E-state index in [0.717, 1.165) is 28.6 Å². The van der Waals surface area contributed by atoms with Gasteiger partial charge in [-0.2, -0.15) is 0 Å². The molecule has 1 amide bonds. The quantitative estimate of drug-likeness (QED) is 0.405. The van der Waals surface area contributed by atoms with E-state index in [4.69, 9.17) is 9.15 Å². The van der Waals surface area contributed by atoms with E-state index in [1.165, 1.54) is 24.3 Å². The molecule has 0 saturated carbocycles. The van der Waals surface area contributed by atoms with Crippen molar-refractivity contribution in [2.24, 2.45) is 0 Å². The Bertz CT molecular complexity index is 1230. The lowest BCUT2D eigenvalue weighted by molar-refractivity contribution is 0.0480. The van der Waals surface area contributed by atoms with Crippen LogP contribution in [0.15, 0.2) is 79.5 Å². The largest absolute Gasteiger partial charge is 0.439 e. The number of ether oxygens (including phenoxy) is 1. The van der Waals surface area contributed by atoms with E-state index in [1.54, 1.807) is 17.0 Å². The summed E-state index contributed by atoms with van der Waals surface area (Å²) >= 11 is 3.30. The SMILES string of the molecule is CN(C)c1ccc(CN(CC2CCCO2)C(=O)c2ccc(S(=O)(=O)c3ccc(Br)cc3)o2)cc1. The van der Waals surface area contributed by atoms with E-state index in [0.29, 0.717) is 19.7 Å². The third-order valence-electron chi connectivity index (χ3n) is 5.74. The van der Waals surface area contributed by atoms with Crippen LogP contribution in [0.1, 0.15) is 29.0 Å². The van der Waals surface area contributed by atoms with Gasteiger partial charge in [-0.05, 0) is 66.9 Å². The van der Waals surface area contributed by atoms with Crippen LogP contribution in [-0.4, -0.2) is 52.6 Å². The molecular formula is C25H27BrN2O5S. The van der Waals surface area contributed by atoms with Gasteiger partial charge in [0.2, 0.25) is 14.9 Å². The number of anilines is 1. The number of benzene rings is 2. The van der Waals surface area contributed by atoms with E-state index < -0.39 is 9.84 Å². The average Bonchev–Trinajstić information content (AvgIpc) is 3.52. The van der Waals surface area contributed by atoms with Gasteiger partial charge in [-0.3, -0.25) is 4.79 Å². The van der Waals surface area contributed by atoms with Gasteiger partial charge in [-0.15, -0.1) is 0 Å². The van der Waals surface area contributed by atoms with Gasteiger partial charge >= 0.3 is 0 Å². The van der Waals surface area contributed by atoms with Crippen molar-refractivity contribution in [3.8, 4) is 0 Å². The zero-order valence-electron chi connectivity index (χ0n) is 19.1. The number of hydrogen-bond donors (Lipinski definition) is 0. The van der Waals surface area contributed by atoms with Crippen LogP contribution in [0.2, 0.25) is 0 Å². The Kier molecular flexibility index (Phi) is 7.45. The van der Waals surface area contributed by atoms with Crippen molar-refractivity contribution >= 4 is 37.4 Å². The fourth-order valence-corrected chi connectivity index (χ4v) is 5.28. The molecule has 7 nitrogen and oxygen atoms in total. The number of carbonyl (C=O) groups excluding carboxylic acids is 1. The first kappa shape index (κ1) is 24.5. The highest BCUT2D eigenvalue weighted by atomic mass is 79.9. The van der Waals surface area contributed by atoms with Crippen LogP contribution < -0.4 is 4.90 Å². The van der Waals surface area contributed by atoms with Gasteiger partial charge in [0, 0.05) is 44.0 Å². The summed E-state index contributed by atoms with van der Waals surface area (Å²) in [6.45, 7) is 1.45. The van der Waals surface area contributed by atoms with Crippen molar-refractivity contribution < 1.29 is 22.4 Å². The standard InChI is InChI=1S/C25H27BrN2O5S/c1-27(2)20-9-5-18(6-10-20)16-28(17-21-4-3-15-32-21)25(29)23-13-14-24(33-23)34(30,31)22-11-7-19(26)8-12-22/h5-14,21H,3-4,15-17H2,1-2H3. The summed E-state index contributed by atoms with van der Waals surface area (Å²) in [6, 6.07) is 17.0. The third-order valence-corrected chi connectivity index (χ3v) is 7.91. The average molecular weight is 547 g/mol. The van der Waals surface area contributed by atoms with E-state index >= 15 is 0 Å². The first-order chi connectivity index (χ1) is 16.2. The van der Waals surface area contributed by atoms with Crippen molar-refractivity contribution in [2.75, 3.05) is 32.1 Å². The van der Waals surface area contributed by atoms with Crippen LogP contribution in [0.3, 0.4) is 0 Å². The van der Waals surface area contributed by atoms with Crippen LogP contribution in [0.5, 0.6) is 0 Å². The molecule has 1 unspecified atom stereocenters. The highest BCUT2D eigenvalue weighted by Crippen LogP contribution is 2.26. The van der Waals surface area contributed by atoms with Crippen LogP contribution in [0.25, 0.3) is 0 Å². The topological polar surface area (TPSA) is 80.1 Å². The summed E-state index contributed by atoms with van der Waals surface area (Å²) in [4.78, 5) is 17.2. The molecule has 4 rings (SSSR count). The Morgan fingerprint density at radius 2 is 1.74 bits per heavy atom. The van der Waals surface area contributed by atoms with E-state index in [-0.39, 0.29) is 27.8 Å². The predicted octanol–water partition coefficient (Wildman–Crippen LogP) is 4.76. The fraction of sp³-hybridized carbons (Fsp3) is 0.320. The van der Waals surface area contributed by atoms with Crippen molar-refractivity contribution in [3.63, 3.8) is 0 Å². The van der Waals surface area contributed by atoms with Crippen molar-refractivity contribution in [1.29, 1.82) is 0 Å². The Morgan fingerprint density at radius 3 is 2.35 bits per heavy atom. The molecule has 2 heterocycles. The zero-order valence-corrected chi connectivity index (χ0v) is 21.5. The van der Waals surface area contributed by atoms with Gasteiger partial charge < -0.3 is 19.0 Å². The molecule has 0 spiro atoms. The molecular weight excluding hydrogens is 520 g/mol. The van der Waals surface area contributed by atoms with E-state index in [1.807, 2.05) is 43.3 Å². The minimum absolute atomic E-state index is 0.0152. The Morgan fingerprint density at radius 1 is 1.03 bits per heavy atom. The summed E-state index contributed by atoms with van der Waals surface area (Å²) in [5, 5.41) is -0.259. The van der Waals surface area contributed by atoms with Crippen molar-refractivity contribution in [3.05, 3.63) is 76.5 Å². The summed E-state index contributed by atoms with van der Waals surface area (Å²) in [7, 11) is 0.0667. The van der Waals surface area contributed by atoms with Gasteiger partial charge in [0.1, 0.15) is 0 Å². The second kappa shape index (κ2) is 10.3. The molecule has 0 aliphatic carbocycles. The second-order valence-electron chi connectivity index (χ2n) is 8.46. The minimum atomic E-state index is -3.88. The normalized spacial score (nSPS) is 15.9. The highest BCUT2D eigenvalue weighted by molar-refractivity contribution is 9.10. The number of halogens is 1. The number of amides is 1. The number of furan rings is 1. The number of carbonyl (C=O) groups is 1. The molecule has 9 heteroatoms. The second-order valence-corrected chi connectivity index (χ2v) is 11.3. The molecule has 180 valence electrons. The lowest BCUT2D eigenvalue weighted by atomic mass is 10.1. The first-order valence-corrected chi connectivity index (χ1v) is 13.3. The van der Waals surface area contributed by atoms with Crippen LogP contribution in [-0.2, 0) is 21.1 Å². The molecule has 3 aromatic rings. The maximum atomic E-state index is 13.4. The van der Waals surface area contributed by atoms with Crippen molar-refractivity contribution in [2.45, 2.75) is 35.5 Å². The Balaban J connectivity index is 1.57. The van der Waals surface area contributed by atoms with Crippen LogP contribution in [0, 0.1) is 0 Å². The third kappa shape index (κ3) is 5.54. The molecule has 0 bridgehead atoms. The Hall–Kier alpha value is -2.62. The number of sulfone groups is 1. The molecule has 1 aliphatic rings. The molecule has 1 aliphatic heterocycles. The molecule has 0 radical (unpaired) electrons. The monoisotopic (exact) mass is 546 g/mol. The summed E-state index contributed by atoms with van der Waals surface area (Å²) in [5.74, 6) is -0.386. The molecule has 1 saturated heterocycles. The highest BCUT2D eigenvalue weighted by Gasteiger charge is 2.28. The van der Waals surface area contributed by atoms with Gasteiger partial charge in [-0.25, -0.2) is 8.42 Å². The van der Waals surface area contributed by atoms with Gasteiger partial charge in [0.25, 0.3) is 5.91 Å².